The number of benzene rings is 2. The van der Waals surface area contributed by atoms with Crippen LogP contribution >= 0.6 is 0 Å². The Labute approximate surface area is 180 Å². The lowest BCUT2D eigenvalue weighted by molar-refractivity contribution is -0.136. The van der Waals surface area contributed by atoms with E-state index in [-0.39, 0.29) is 30.1 Å². The zero-order valence-corrected chi connectivity index (χ0v) is 17.7. The van der Waals surface area contributed by atoms with Crippen LogP contribution in [0.5, 0.6) is 0 Å². The minimum absolute atomic E-state index is 0.0836. The van der Waals surface area contributed by atoms with E-state index in [1.807, 2.05) is 11.0 Å². The Balaban J connectivity index is 1.36. The fourth-order valence-electron chi connectivity index (χ4n) is 5.04. The number of fused-ring (bicyclic) bond motifs is 3. The van der Waals surface area contributed by atoms with Crippen LogP contribution < -0.4 is 5.56 Å². The van der Waals surface area contributed by atoms with Crippen molar-refractivity contribution in [3.63, 3.8) is 0 Å². The molecular weight excluding hydrogens is 414 g/mol. The van der Waals surface area contributed by atoms with E-state index in [1.54, 1.807) is 48.5 Å². The Morgan fingerprint density at radius 1 is 0.968 bits per heavy atom. The lowest BCUT2D eigenvalue weighted by Crippen LogP contribution is -2.51. The number of carbonyl (C=O) groups excluding carboxylic acids is 1. The normalized spacial score (nSPS) is 23.2. The molecule has 8 heteroatoms. The summed E-state index contributed by atoms with van der Waals surface area (Å²) in [6.45, 7) is -0.0836. The Kier molecular flexibility index (Phi) is 4.89. The average Bonchev–Trinajstić information content (AvgIpc) is 3.05. The van der Waals surface area contributed by atoms with Gasteiger partial charge in [-0.3, -0.25) is 14.2 Å². The summed E-state index contributed by atoms with van der Waals surface area (Å²) < 4.78 is 27.5. The van der Waals surface area contributed by atoms with Gasteiger partial charge in [-0.1, -0.05) is 30.3 Å². The van der Waals surface area contributed by atoms with Gasteiger partial charge < -0.3 is 4.90 Å². The van der Waals surface area contributed by atoms with Gasteiger partial charge in [0, 0.05) is 12.1 Å². The quantitative estimate of drug-likeness (QED) is 0.625. The molecule has 2 atom stereocenters. The molecule has 160 valence electrons. The first-order valence-electron chi connectivity index (χ1n) is 10.5. The Hall–Kier alpha value is -3.00. The number of para-hydroxylation sites is 1. The van der Waals surface area contributed by atoms with E-state index in [2.05, 4.69) is 4.98 Å². The van der Waals surface area contributed by atoms with Gasteiger partial charge in [-0.15, -0.1) is 0 Å². The van der Waals surface area contributed by atoms with Crippen molar-refractivity contribution in [3.05, 3.63) is 71.3 Å². The predicted molar refractivity (Wildman–Crippen MR) is 116 cm³/mol. The third kappa shape index (κ3) is 3.44. The van der Waals surface area contributed by atoms with Crippen molar-refractivity contribution < 1.29 is 13.2 Å². The highest BCUT2D eigenvalue weighted by Crippen LogP contribution is 2.40. The molecule has 2 fully saturated rings. The highest BCUT2D eigenvalue weighted by molar-refractivity contribution is 7.92. The first-order chi connectivity index (χ1) is 14.9. The summed E-state index contributed by atoms with van der Waals surface area (Å²) >= 11 is 0. The summed E-state index contributed by atoms with van der Waals surface area (Å²) in [5, 5.41) is -0.00468. The van der Waals surface area contributed by atoms with Gasteiger partial charge in [-0.05, 0) is 49.9 Å². The third-order valence-electron chi connectivity index (χ3n) is 6.53. The smallest absolute Gasteiger partial charge is 0.261 e. The number of aromatic nitrogens is 2. The van der Waals surface area contributed by atoms with Gasteiger partial charge in [0.15, 0.2) is 9.84 Å². The SMILES string of the molecule is O=C(Cn1cnc2ccccc2c1=O)N1[C@@H]2CC[C@@H]1CC(S(=O)(=O)c1ccccc1)C2. The molecule has 0 aliphatic carbocycles. The molecule has 31 heavy (non-hydrogen) atoms. The minimum atomic E-state index is -3.43. The van der Waals surface area contributed by atoms with Crippen molar-refractivity contribution >= 4 is 26.6 Å². The summed E-state index contributed by atoms with van der Waals surface area (Å²) in [5.74, 6) is -0.151. The van der Waals surface area contributed by atoms with E-state index in [1.165, 1.54) is 10.9 Å². The molecule has 0 unspecified atom stereocenters. The highest BCUT2D eigenvalue weighted by atomic mass is 32.2. The van der Waals surface area contributed by atoms with Crippen LogP contribution in [-0.2, 0) is 21.2 Å². The summed E-state index contributed by atoms with van der Waals surface area (Å²) in [7, 11) is -3.43. The van der Waals surface area contributed by atoms with E-state index in [0.29, 0.717) is 28.6 Å². The van der Waals surface area contributed by atoms with Crippen molar-refractivity contribution in [2.75, 3.05) is 0 Å². The van der Waals surface area contributed by atoms with Gasteiger partial charge in [-0.25, -0.2) is 13.4 Å². The zero-order chi connectivity index (χ0) is 21.6. The van der Waals surface area contributed by atoms with Gasteiger partial charge in [0.1, 0.15) is 6.54 Å². The number of amides is 1. The number of nitrogens with zero attached hydrogens (tertiary/aromatic N) is 3. The number of carbonyl (C=O) groups is 1. The van der Waals surface area contributed by atoms with E-state index < -0.39 is 15.1 Å². The van der Waals surface area contributed by atoms with Gasteiger partial charge in [0.2, 0.25) is 5.91 Å². The van der Waals surface area contributed by atoms with Gasteiger partial charge in [0.05, 0.1) is 27.4 Å². The molecule has 1 aromatic heterocycles. The molecule has 5 rings (SSSR count). The first kappa shape index (κ1) is 19.9. The molecule has 2 bridgehead atoms. The highest BCUT2D eigenvalue weighted by Gasteiger charge is 2.47. The fraction of sp³-hybridized carbons (Fsp3) is 0.348. The number of rotatable bonds is 4. The first-order valence-corrected chi connectivity index (χ1v) is 12.0. The van der Waals surface area contributed by atoms with E-state index in [9.17, 15) is 18.0 Å². The van der Waals surface area contributed by atoms with Crippen LogP contribution in [0.1, 0.15) is 25.7 Å². The average molecular weight is 438 g/mol. The number of hydrogen-bond acceptors (Lipinski definition) is 5. The van der Waals surface area contributed by atoms with E-state index in [4.69, 9.17) is 0 Å². The van der Waals surface area contributed by atoms with Crippen molar-refractivity contribution in [1.82, 2.24) is 14.5 Å². The topological polar surface area (TPSA) is 89.3 Å². The molecule has 7 nitrogen and oxygen atoms in total. The molecule has 1 amide bonds. The summed E-state index contributed by atoms with van der Waals surface area (Å²) in [6, 6.07) is 15.4. The molecule has 0 N–H and O–H groups in total. The molecule has 3 aromatic rings. The van der Waals surface area contributed by atoms with Crippen LogP contribution in [0.3, 0.4) is 0 Å². The van der Waals surface area contributed by atoms with Crippen LogP contribution in [0.15, 0.2) is 70.6 Å². The van der Waals surface area contributed by atoms with Gasteiger partial charge in [0.25, 0.3) is 5.56 Å². The predicted octanol–water partition coefficient (Wildman–Crippen LogP) is 2.39. The molecule has 2 aromatic carbocycles. The molecule has 0 radical (unpaired) electrons. The fourth-order valence-corrected chi connectivity index (χ4v) is 6.91. The Morgan fingerprint density at radius 3 is 2.32 bits per heavy atom. The lowest BCUT2D eigenvalue weighted by atomic mass is 10.0. The standard InChI is InChI=1S/C23H23N3O4S/c27-22(14-25-15-24-21-9-5-4-8-20(21)23(25)28)26-16-10-11-17(26)13-19(12-16)31(29,30)18-6-2-1-3-7-18/h1-9,15-17,19H,10-14H2/t16-,17-/m1/s1. The molecule has 0 spiro atoms. The molecule has 2 aliphatic rings. The summed E-state index contributed by atoms with van der Waals surface area (Å²) in [5.41, 5.74) is 0.357. The van der Waals surface area contributed by atoms with Crippen LogP contribution in [0.25, 0.3) is 10.9 Å². The van der Waals surface area contributed by atoms with Crippen LogP contribution in [0, 0.1) is 0 Å². The molecule has 3 heterocycles. The third-order valence-corrected chi connectivity index (χ3v) is 8.72. The van der Waals surface area contributed by atoms with Crippen LogP contribution in [-0.4, -0.2) is 46.1 Å². The molecule has 2 aliphatic heterocycles. The Morgan fingerprint density at radius 2 is 1.61 bits per heavy atom. The second kappa shape index (κ2) is 7.60. The Bertz CT molecular complexity index is 1290. The van der Waals surface area contributed by atoms with Crippen molar-refractivity contribution in [2.45, 2.75) is 54.5 Å². The van der Waals surface area contributed by atoms with E-state index >= 15 is 0 Å². The van der Waals surface area contributed by atoms with Crippen molar-refractivity contribution in [2.24, 2.45) is 0 Å². The van der Waals surface area contributed by atoms with Gasteiger partial charge >= 0.3 is 0 Å². The second-order valence-corrected chi connectivity index (χ2v) is 10.6. The molecule has 0 saturated carbocycles. The minimum Gasteiger partial charge on any atom is -0.335 e. The lowest BCUT2D eigenvalue weighted by Gasteiger charge is -2.38. The van der Waals surface area contributed by atoms with Gasteiger partial charge in [-0.2, -0.15) is 0 Å². The maximum absolute atomic E-state index is 13.1. The zero-order valence-electron chi connectivity index (χ0n) is 16.9. The van der Waals surface area contributed by atoms with Crippen molar-refractivity contribution in [3.8, 4) is 0 Å². The molecule has 2 saturated heterocycles. The maximum atomic E-state index is 13.1. The number of sulfone groups is 1. The van der Waals surface area contributed by atoms with Crippen LogP contribution in [0.2, 0.25) is 0 Å². The summed E-state index contributed by atoms with van der Waals surface area (Å²) in [6.07, 6.45) is 3.87. The summed E-state index contributed by atoms with van der Waals surface area (Å²) in [4.78, 5) is 32.3. The van der Waals surface area contributed by atoms with Crippen LogP contribution in [0.4, 0.5) is 0 Å². The molecular formula is C23H23N3O4S. The largest absolute Gasteiger partial charge is 0.335 e. The maximum Gasteiger partial charge on any atom is 0.261 e. The second-order valence-electron chi connectivity index (χ2n) is 8.33. The monoisotopic (exact) mass is 437 g/mol. The number of piperidine rings is 1. The van der Waals surface area contributed by atoms with E-state index in [0.717, 1.165) is 12.8 Å². The number of hydrogen-bond donors (Lipinski definition) is 0. The van der Waals surface area contributed by atoms with Crippen molar-refractivity contribution in [1.29, 1.82) is 0 Å².